The Balaban J connectivity index is 1.88. The fraction of sp³-hybridized carbons (Fsp3) is 0.562. The largest absolute Gasteiger partial charge is 0.496 e. The lowest BCUT2D eigenvalue weighted by Crippen LogP contribution is -2.47. The van der Waals surface area contributed by atoms with Gasteiger partial charge >= 0.3 is 0 Å². The van der Waals surface area contributed by atoms with Crippen molar-refractivity contribution in [3.63, 3.8) is 0 Å². The maximum absolute atomic E-state index is 13.0. The van der Waals surface area contributed by atoms with Crippen LogP contribution in [0, 0.1) is 0 Å². The van der Waals surface area contributed by atoms with E-state index in [0.717, 1.165) is 25.7 Å². The van der Waals surface area contributed by atoms with Crippen LogP contribution in [0.4, 0.5) is 0 Å². The Morgan fingerprint density at radius 3 is 2.57 bits per heavy atom. The molecule has 2 heterocycles. The number of nitrogens with zero attached hydrogens (tertiary/aromatic N) is 1. The van der Waals surface area contributed by atoms with Crippen molar-refractivity contribution in [2.45, 2.75) is 43.0 Å². The zero-order valence-electron chi connectivity index (χ0n) is 12.3. The van der Waals surface area contributed by atoms with E-state index in [1.807, 2.05) is 11.8 Å². The van der Waals surface area contributed by atoms with Crippen LogP contribution in [0.5, 0.6) is 5.75 Å². The van der Waals surface area contributed by atoms with Gasteiger partial charge < -0.3 is 9.64 Å². The number of benzene rings is 1. The summed E-state index contributed by atoms with van der Waals surface area (Å²) in [6.07, 6.45) is 6.62. The third kappa shape index (κ3) is 2.76. The van der Waals surface area contributed by atoms with Gasteiger partial charge in [0.25, 0.3) is 5.91 Å². The van der Waals surface area contributed by atoms with Crippen molar-refractivity contribution in [1.29, 1.82) is 0 Å². The fourth-order valence-corrected chi connectivity index (χ4v) is 4.64. The molecule has 2 saturated heterocycles. The Bertz CT molecular complexity index is 537. The standard InChI is InChI=1S/C16H20ClNO2S/c1-20-15-6-3-10(17)7-14(15)16(19)18-11-4-5-12(18)9-13(8-11)21-2/h3,6-7,11-13H,4-5,8-9H2,1-2H3. The Labute approximate surface area is 135 Å². The van der Waals surface area contributed by atoms with Crippen molar-refractivity contribution in [2.75, 3.05) is 13.4 Å². The molecule has 2 bridgehead atoms. The molecule has 3 rings (SSSR count). The van der Waals surface area contributed by atoms with Gasteiger partial charge in [0.15, 0.2) is 0 Å². The molecular formula is C16H20ClNO2S. The molecule has 1 amide bonds. The van der Waals surface area contributed by atoms with Crippen LogP contribution in [0.3, 0.4) is 0 Å². The topological polar surface area (TPSA) is 29.5 Å². The first-order valence-corrected chi connectivity index (χ1v) is 8.99. The van der Waals surface area contributed by atoms with E-state index in [-0.39, 0.29) is 5.91 Å². The van der Waals surface area contributed by atoms with Crippen LogP contribution >= 0.6 is 23.4 Å². The van der Waals surface area contributed by atoms with Gasteiger partial charge in [0, 0.05) is 22.4 Å². The van der Waals surface area contributed by atoms with Gasteiger partial charge in [0.2, 0.25) is 0 Å². The summed E-state index contributed by atoms with van der Waals surface area (Å²) in [7, 11) is 1.59. The average Bonchev–Trinajstić information content (AvgIpc) is 2.76. The lowest BCUT2D eigenvalue weighted by atomic mass is 10.0. The first-order valence-electron chi connectivity index (χ1n) is 7.33. The number of piperidine rings is 1. The molecule has 5 heteroatoms. The summed E-state index contributed by atoms with van der Waals surface area (Å²) >= 11 is 7.99. The molecule has 0 aromatic heterocycles. The Kier molecular flexibility index (Phi) is 4.36. The van der Waals surface area contributed by atoms with Crippen LogP contribution in [0.2, 0.25) is 5.02 Å². The van der Waals surface area contributed by atoms with E-state index in [9.17, 15) is 4.79 Å². The SMILES string of the molecule is COc1ccc(Cl)cc1C(=O)N1C2CCC1CC(SC)C2. The number of halogens is 1. The molecule has 21 heavy (non-hydrogen) atoms. The number of methoxy groups -OCH3 is 1. The molecule has 0 aliphatic carbocycles. The second kappa shape index (κ2) is 6.09. The first-order chi connectivity index (χ1) is 10.1. The molecule has 2 unspecified atom stereocenters. The normalized spacial score (nSPS) is 27.8. The zero-order valence-corrected chi connectivity index (χ0v) is 13.9. The summed E-state index contributed by atoms with van der Waals surface area (Å²) in [6.45, 7) is 0. The molecule has 1 aromatic carbocycles. The quantitative estimate of drug-likeness (QED) is 0.845. The first kappa shape index (κ1) is 15.0. The van der Waals surface area contributed by atoms with Crippen molar-refractivity contribution in [1.82, 2.24) is 4.90 Å². The third-order valence-electron chi connectivity index (χ3n) is 4.65. The Hall–Kier alpha value is -0.870. The summed E-state index contributed by atoms with van der Waals surface area (Å²) in [6, 6.07) is 6.00. The number of amides is 1. The minimum atomic E-state index is 0.0707. The third-order valence-corrected chi connectivity index (χ3v) is 5.94. The van der Waals surface area contributed by atoms with Gasteiger partial charge in [-0.05, 0) is 50.1 Å². The lowest BCUT2D eigenvalue weighted by Gasteiger charge is -2.38. The number of thioether (sulfide) groups is 1. The molecule has 1 aromatic rings. The van der Waals surface area contributed by atoms with E-state index >= 15 is 0 Å². The average molecular weight is 326 g/mol. The maximum atomic E-state index is 13.0. The second-order valence-corrected chi connectivity index (χ2v) is 7.35. The number of carbonyl (C=O) groups is 1. The zero-order chi connectivity index (χ0) is 15.0. The fourth-order valence-electron chi connectivity index (χ4n) is 3.64. The molecule has 0 N–H and O–H groups in total. The predicted octanol–water partition coefficient (Wildman–Crippen LogP) is 3.85. The number of rotatable bonds is 3. The Morgan fingerprint density at radius 2 is 2.00 bits per heavy atom. The lowest BCUT2D eigenvalue weighted by molar-refractivity contribution is 0.0598. The van der Waals surface area contributed by atoms with Crippen LogP contribution in [0.1, 0.15) is 36.0 Å². The monoisotopic (exact) mass is 325 g/mol. The summed E-state index contributed by atoms with van der Waals surface area (Å²) in [5.41, 5.74) is 0.588. The van der Waals surface area contributed by atoms with Crippen LogP contribution in [-0.4, -0.2) is 41.5 Å². The summed E-state index contributed by atoms with van der Waals surface area (Å²) in [5, 5.41) is 1.26. The van der Waals surface area contributed by atoms with Crippen LogP contribution in [-0.2, 0) is 0 Å². The van der Waals surface area contributed by atoms with Gasteiger partial charge in [0.05, 0.1) is 12.7 Å². The predicted molar refractivity (Wildman–Crippen MR) is 87.5 cm³/mol. The molecule has 114 valence electrons. The summed E-state index contributed by atoms with van der Waals surface area (Å²) in [5.74, 6) is 0.678. The highest BCUT2D eigenvalue weighted by Crippen LogP contribution is 2.41. The van der Waals surface area contributed by atoms with Crippen molar-refractivity contribution in [2.24, 2.45) is 0 Å². The second-order valence-electron chi connectivity index (χ2n) is 5.77. The number of hydrogen-bond acceptors (Lipinski definition) is 3. The molecule has 2 aliphatic heterocycles. The summed E-state index contributed by atoms with van der Waals surface area (Å²) in [4.78, 5) is 15.1. The highest BCUT2D eigenvalue weighted by Gasteiger charge is 2.43. The molecule has 0 spiro atoms. The van der Waals surface area contributed by atoms with Crippen molar-refractivity contribution >= 4 is 29.3 Å². The van der Waals surface area contributed by atoms with E-state index in [2.05, 4.69) is 11.2 Å². The van der Waals surface area contributed by atoms with Gasteiger partial charge in [-0.3, -0.25) is 4.79 Å². The Morgan fingerprint density at radius 1 is 1.33 bits per heavy atom. The maximum Gasteiger partial charge on any atom is 0.258 e. The molecule has 3 nitrogen and oxygen atoms in total. The smallest absolute Gasteiger partial charge is 0.258 e. The highest BCUT2D eigenvalue weighted by atomic mass is 35.5. The van der Waals surface area contributed by atoms with E-state index < -0.39 is 0 Å². The molecule has 2 fully saturated rings. The van der Waals surface area contributed by atoms with E-state index in [1.165, 1.54) is 0 Å². The van der Waals surface area contributed by atoms with Crippen molar-refractivity contribution < 1.29 is 9.53 Å². The van der Waals surface area contributed by atoms with Crippen molar-refractivity contribution in [3.05, 3.63) is 28.8 Å². The molecule has 2 aliphatic rings. The van der Waals surface area contributed by atoms with E-state index in [1.54, 1.807) is 25.3 Å². The molecular weight excluding hydrogens is 306 g/mol. The van der Waals surface area contributed by atoms with E-state index in [0.29, 0.717) is 33.7 Å². The van der Waals surface area contributed by atoms with Gasteiger partial charge in [-0.25, -0.2) is 0 Å². The minimum Gasteiger partial charge on any atom is -0.496 e. The van der Waals surface area contributed by atoms with E-state index in [4.69, 9.17) is 16.3 Å². The van der Waals surface area contributed by atoms with Gasteiger partial charge in [0.1, 0.15) is 5.75 Å². The minimum absolute atomic E-state index is 0.0707. The number of fused-ring (bicyclic) bond motifs is 2. The molecule has 0 saturated carbocycles. The molecule has 2 atom stereocenters. The van der Waals surface area contributed by atoms with Gasteiger partial charge in [-0.2, -0.15) is 11.8 Å². The summed E-state index contributed by atoms with van der Waals surface area (Å²) < 4.78 is 5.34. The number of ether oxygens (including phenoxy) is 1. The molecule has 0 radical (unpaired) electrons. The van der Waals surface area contributed by atoms with Gasteiger partial charge in [-0.1, -0.05) is 11.6 Å². The van der Waals surface area contributed by atoms with Crippen LogP contribution in [0.25, 0.3) is 0 Å². The van der Waals surface area contributed by atoms with Gasteiger partial charge in [-0.15, -0.1) is 0 Å². The van der Waals surface area contributed by atoms with Crippen LogP contribution < -0.4 is 4.74 Å². The highest BCUT2D eigenvalue weighted by molar-refractivity contribution is 7.99. The van der Waals surface area contributed by atoms with Crippen LogP contribution in [0.15, 0.2) is 18.2 Å². The number of hydrogen-bond donors (Lipinski definition) is 0. The number of carbonyl (C=O) groups excluding carboxylic acids is 1. The van der Waals surface area contributed by atoms with Crippen molar-refractivity contribution in [3.8, 4) is 5.75 Å².